The second-order valence-corrected chi connectivity index (χ2v) is 14.4. The van der Waals surface area contributed by atoms with Crippen molar-refractivity contribution in [1.29, 1.82) is 5.26 Å². The van der Waals surface area contributed by atoms with Gasteiger partial charge in [-0.1, -0.05) is 19.1 Å². The molecule has 46 heavy (non-hydrogen) atoms. The Morgan fingerprint density at radius 1 is 1.00 bits per heavy atom. The zero-order chi connectivity index (χ0) is 33.9. The number of halogens is 5. The number of nitrogens with zero attached hydrogens (tertiary/aromatic N) is 4. The molecule has 2 saturated carbocycles. The molecule has 1 aromatic carbocycles. The number of piperazine rings is 1. The fourth-order valence-electron chi connectivity index (χ4n) is 6.14. The van der Waals surface area contributed by atoms with Crippen molar-refractivity contribution in [2.24, 2.45) is 11.3 Å². The summed E-state index contributed by atoms with van der Waals surface area (Å²) in [6.45, 7) is 7.72. The predicted octanol–water partition coefficient (Wildman–Crippen LogP) is 5.04. The van der Waals surface area contributed by atoms with Gasteiger partial charge in [0.25, 0.3) is 5.92 Å². The zero-order valence-corrected chi connectivity index (χ0v) is 26.5. The third-order valence-electron chi connectivity index (χ3n) is 9.40. The Morgan fingerprint density at radius 2 is 1.63 bits per heavy atom. The van der Waals surface area contributed by atoms with Crippen LogP contribution >= 0.6 is 0 Å². The highest BCUT2D eigenvalue weighted by Crippen LogP contribution is 2.51. The topological polar surface area (TPSA) is 106 Å². The third kappa shape index (κ3) is 7.09. The molecule has 1 N–H and O–H groups in total. The number of nitrogens with one attached hydrogen (secondary N) is 1. The SMILES string of the molecule is CC(C)(C)OC(=O)N1CCN(Cc2ccc(C(F)(F)[C@@H]3C[C@@H](C(=O)NC4(C#N)CC4)N(C(=O)C4(C)CC4)C3)c(C(F)(F)F)c2)CC1. The molecule has 2 saturated heterocycles. The van der Waals surface area contributed by atoms with Gasteiger partial charge < -0.3 is 19.9 Å². The van der Waals surface area contributed by atoms with Gasteiger partial charge in [0.05, 0.1) is 11.6 Å². The van der Waals surface area contributed by atoms with Crippen LogP contribution in [0.5, 0.6) is 0 Å². The van der Waals surface area contributed by atoms with Gasteiger partial charge in [-0.3, -0.25) is 14.5 Å². The van der Waals surface area contributed by atoms with E-state index in [0.29, 0.717) is 51.9 Å². The van der Waals surface area contributed by atoms with E-state index in [1.807, 2.05) is 11.0 Å². The first-order valence-electron chi connectivity index (χ1n) is 15.6. The summed E-state index contributed by atoms with van der Waals surface area (Å²) in [6, 6.07) is 3.46. The Kier molecular flexibility index (Phi) is 8.58. The molecule has 2 aliphatic carbocycles. The van der Waals surface area contributed by atoms with Gasteiger partial charge in [0.15, 0.2) is 0 Å². The number of nitriles is 1. The summed E-state index contributed by atoms with van der Waals surface area (Å²) in [5.74, 6) is -6.99. The minimum absolute atomic E-state index is 0.0598. The molecule has 0 unspecified atom stereocenters. The Balaban J connectivity index is 1.33. The first-order chi connectivity index (χ1) is 21.3. The molecule has 4 aliphatic rings. The maximum Gasteiger partial charge on any atom is 0.416 e. The molecular weight excluding hydrogens is 613 g/mol. The van der Waals surface area contributed by atoms with Gasteiger partial charge in [0.2, 0.25) is 11.8 Å². The first-order valence-corrected chi connectivity index (χ1v) is 15.6. The lowest BCUT2D eigenvalue weighted by molar-refractivity contribution is -0.146. The van der Waals surface area contributed by atoms with Crippen LogP contribution in [0.1, 0.15) is 76.5 Å². The first kappa shape index (κ1) is 33.9. The Bertz CT molecular complexity index is 1420. The summed E-state index contributed by atoms with van der Waals surface area (Å²) in [4.78, 5) is 43.3. The van der Waals surface area contributed by atoms with Gasteiger partial charge in [0, 0.05) is 56.2 Å². The molecule has 252 valence electrons. The minimum Gasteiger partial charge on any atom is -0.444 e. The van der Waals surface area contributed by atoms with Crippen LogP contribution in [-0.2, 0) is 33.0 Å². The second kappa shape index (κ2) is 11.6. The van der Waals surface area contributed by atoms with Crippen molar-refractivity contribution in [3.05, 3.63) is 34.9 Å². The van der Waals surface area contributed by atoms with Gasteiger partial charge >= 0.3 is 12.3 Å². The molecule has 0 aromatic heterocycles. The van der Waals surface area contributed by atoms with E-state index in [-0.39, 0.29) is 12.1 Å². The predicted molar refractivity (Wildman–Crippen MR) is 155 cm³/mol. The summed E-state index contributed by atoms with van der Waals surface area (Å²) in [6.07, 6.45) is -4.27. The normalized spacial score (nSPS) is 24.3. The maximum absolute atomic E-state index is 16.2. The number of amides is 3. The highest BCUT2D eigenvalue weighted by Gasteiger charge is 2.58. The van der Waals surface area contributed by atoms with Crippen LogP contribution in [-0.4, -0.2) is 82.5 Å². The van der Waals surface area contributed by atoms with Crippen LogP contribution in [0.15, 0.2) is 18.2 Å². The average molecular weight is 654 g/mol. The van der Waals surface area contributed by atoms with E-state index in [1.54, 1.807) is 27.7 Å². The lowest BCUT2D eigenvalue weighted by atomic mass is 9.88. The van der Waals surface area contributed by atoms with E-state index >= 15 is 8.78 Å². The molecule has 14 heteroatoms. The number of hydrogen-bond donors (Lipinski definition) is 1. The van der Waals surface area contributed by atoms with E-state index in [1.165, 1.54) is 11.0 Å². The van der Waals surface area contributed by atoms with Gasteiger partial charge in [-0.2, -0.15) is 18.4 Å². The number of alkyl halides is 5. The molecule has 5 rings (SSSR count). The van der Waals surface area contributed by atoms with Gasteiger partial charge in [0.1, 0.15) is 17.2 Å². The number of carbonyl (C=O) groups is 3. The van der Waals surface area contributed by atoms with Crippen molar-refractivity contribution in [2.75, 3.05) is 32.7 Å². The van der Waals surface area contributed by atoms with Crippen molar-refractivity contribution in [2.45, 2.75) is 95.6 Å². The van der Waals surface area contributed by atoms with Crippen LogP contribution in [0.2, 0.25) is 0 Å². The van der Waals surface area contributed by atoms with Gasteiger partial charge in [-0.25, -0.2) is 13.6 Å². The average Bonchev–Trinajstić information content (AvgIpc) is 3.87. The second-order valence-electron chi connectivity index (χ2n) is 14.4. The quantitative estimate of drug-likeness (QED) is 0.414. The fourth-order valence-corrected chi connectivity index (χ4v) is 6.14. The summed E-state index contributed by atoms with van der Waals surface area (Å²) in [7, 11) is 0. The Hall–Kier alpha value is -3.47. The van der Waals surface area contributed by atoms with Crippen LogP contribution in [0.25, 0.3) is 0 Å². The number of carbonyl (C=O) groups excluding carboxylic acids is 3. The number of hydrogen-bond acceptors (Lipinski definition) is 6. The van der Waals surface area contributed by atoms with E-state index in [0.717, 1.165) is 17.0 Å². The summed E-state index contributed by atoms with van der Waals surface area (Å²) in [5.41, 5.74) is -5.05. The van der Waals surface area contributed by atoms with E-state index in [9.17, 15) is 32.8 Å². The van der Waals surface area contributed by atoms with Crippen molar-refractivity contribution < 1.29 is 41.1 Å². The highest BCUT2D eigenvalue weighted by molar-refractivity contribution is 5.92. The van der Waals surface area contributed by atoms with Crippen LogP contribution in [0.3, 0.4) is 0 Å². The van der Waals surface area contributed by atoms with Crippen molar-refractivity contribution >= 4 is 17.9 Å². The standard InChI is InChI=1S/C32H40F5N5O4/c1-28(2,3)46-27(45)41-13-11-40(12-14-41)17-20-5-6-22(23(15-20)32(35,36)37)31(33,34)21-16-24(25(43)39-30(19-38)9-10-30)42(18-21)26(44)29(4)7-8-29/h5-6,15,21,24H,7-14,16-18H2,1-4H3,(H,39,43)/t21-,24+/m1/s1. The Labute approximate surface area is 265 Å². The molecule has 2 atom stereocenters. The van der Waals surface area contributed by atoms with E-state index in [2.05, 4.69) is 5.32 Å². The lowest BCUT2D eigenvalue weighted by Gasteiger charge is -2.35. The molecule has 0 spiro atoms. The summed E-state index contributed by atoms with van der Waals surface area (Å²) >= 11 is 0. The summed E-state index contributed by atoms with van der Waals surface area (Å²) in [5, 5.41) is 12.0. The molecular formula is C32H40F5N5O4. The molecule has 9 nitrogen and oxygen atoms in total. The van der Waals surface area contributed by atoms with Crippen molar-refractivity contribution in [1.82, 2.24) is 20.0 Å². The lowest BCUT2D eigenvalue weighted by Crippen LogP contribution is -2.50. The maximum atomic E-state index is 16.2. The highest BCUT2D eigenvalue weighted by atomic mass is 19.4. The van der Waals surface area contributed by atoms with Crippen LogP contribution < -0.4 is 5.32 Å². The number of ether oxygens (including phenoxy) is 1. The zero-order valence-electron chi connectivity index (χ0n) is 26.5. The molecule has 1 aromatic rings. The number of benzene rings is 1. The fraction of sp³-hybridized carbons (Fsp3) is 0.688. The molecule has 0 bridgehead atoms. The van der Waals surface area contributed by atoms with Crippen molar-refractivity contribution in [3.8, 4) is 6.07 Å². The molecule has 4 fully saturated rings. The van der Waals surface area contributed by atoms with Crippen LogP contribution in [0.4, 0.5) is 26.7 Å². The molecule has 3 amide bonds. The van der Waals surface area contributed by atoms with E-state index in [4.69, 9.17) is 4.74 Å². The molecule has 2 aliphatic heterocycles. The molecule has 2 heterocycles. The minimum atomic E-state index is -5.10. The number of rotatable bonds is 7. The van der Waals surface area contributed by atoms with Gasteiger partial charge in [-0.15, -0.1) is 0 Å². The van der Waals surface area contributed by atoms with Crippen LogP contribution in [0, 0.1) is 22.7 Å². The van der Waals surface area contributed by atoms with Gasteiger partial charge in [-0.05, 0) is 64.5 Å². The largest absolute Gasteiger partial charge is 0.444 e. The number of likely N-dealkylation sites (tertiary alicyclic amines) is 1. The van der Waals surface area contributed by atoms with E-state index < -0.39 is 82.6 Å². The van der Waals surface area contributed by atoms with Crippen molar-refractivity contribution in [3.63, 3.8) is 0 Å². The third-order valence-corrected chi connectivity index (χ3v) is 9.40. The monoisotopic (exact) mass is 653 g/mol. The molecule has 0 radical (unpaired) electrons. The summed E-state index contributed by atoms with van der Waals surface area (Å²) < 4.78 is 80.8. The smallest absolute Gasteiger partial charge is 0.416 e. The Morgan fingerprint density at radius 3 is 2.15 bits per heavy atom.